The van der Waals surface area contributed by atoms with Crippen LogP contribution in [0.4, 0.5) is 0 Å². The molecule has 16 heavy (non-hydrogen) atoms. The number of hydrogen-bond acceptors (Lipinski definition) is 2. The first-order chi connectivity index (χ1) is 7.68. The van der Waals surface area contributed by atoms with Crippen molar-refractivity contribution in [3.8, 4) is 0 Å². The summed E-state index contributed by atoms with van der Waals surface area (Å²) in [7, 11) is 0. The van der Waals surface area contributed by atoms with Crippen LogP contribution >= 0.6 is 11.6 Å². The minimum absolute atomic E-state index is 0.0960. The molecule has 1 aromatic carbocycles. The van der Waals surface area contributed by atoms with E-state index in [1.807, 2.05) is 30.3 Å². The lowest BCUT2D eigenvalue weighted by Crippen LogP contribution is -2.25. The minimum atomic E-state index is -0.474. The van der Waals surface area contributed by atoms with Gasteiger partial charge in [-0.1, -0.05) is 30.3 Å². The summed E-state index contributed by atoms with van der Waals surface area (Å²) in [5, 5.41) is 2.26. The lowest BCUT2D eigenvalue weighted by Gasteiger charge is -2.04. The van der Waals surface area contributed by atoms with Gasteiger partial charge in [-0.3, -0.25) is 9.59 Å². The third-order valence-electron chi connectivity index (χ3n) is 2.13. The molecule has 0 heterocycles. The van der Waals surface area contributed by atoms with Crippen LogP contribution in [0.25, 0.3) is 0 Å². The van der Waals surface area contributed by atoms with Crippen molar-refractivity contribution in [1.29, 1.82) is 0 Å². The van der Waals surface area contributed by atoms with E-state index in [1.54, 1.807) is 0 Å². The van der Waals surface area contributed by atoms with Gasteiger partial charge in [-0.05, 0) is 23.6 Å². The topological polar surface area (TPSA) is 46.2 Å². The molecule has 0 saturated heterocycles. The van der Waals surface area contributed by atoms with E-state index in [9.17, 15) is 9.59 Å². The zero-order chi connectivity index (χ0) is 11.8. The Kier molecular flexibility index (Phi) is 5.57. The van der Waals surface area contributed by atoms with E-state index >= 15 is 0 Å². The number of nitrogens with one attached hydrogen (secondary N) is 1. The molecule has 0 aliphatic rings. The van der Waals surface area contributed by atoms with Gasteiger partial charge in [0.05, 0.1) is 0 Å². The van der Waals surface area contributed by atoms with Gasteiger partial charge >= 0.3 is 0 Å². The van der Waals surface area contributed by atoms with Crippen molar-refractivity contribution in [2.45, 2.75) is 19.3 Å². The van der Waals surface area contributed by atoms with Gasteiger partial charge < -0.3 is 5.32 Å². The van der Waals surface area contributed by atoms with Gasteiger partial charge in [-0.15, -0.1) is 0 Å². The van der Waals surface area contributed by atoms with Crippen LogP contribution in [0.1, 0.15) is 18.4 Å². The van der Waals surface area contributed by atoms with Gasteiger partial charge in [-0.2, -0.15) is 0 Å². The Balaban J connectivity index is 2.16. The first kappa shape index (κ1) is 12.7. The van der Waals surface area contributed by atoms with Crippen molar-refractivity contribution in [1.82, 2.24) is 5.32 Å². The van der Waals surface area contributed by atoms with E-state index in [-0.39, 0.29) is 18.7 Å². The Hall–Kier alpha value is -1.35. The number of carbonyl (C=O) groups excluding carboxylic acids is 2. The zero-order valence-electron chi connectivity index (χ0n) is 8.91. The molecule has 1 aromatic rings. The molecule has 0 fully saturated rings. The third-order valence-corrected chi connectivity index (χ3v) is 2.32. The molecule has 1 rings (SSSR count). The highest BCUT2D eigenvalue weighted by Crippen LogP contribution is 1.99. The van der Waals surface area contributed by atoms with Gasteiger partial charge in [0.25, 0.3) is 0 Å². The van der Waals surface area contributed by atoms with Gasteiger partial charge in [0.2, 0.25) is 11.1 Å². The molecule has 0 spiro atoms. The van der Waals surface area contributed by atoms with Crippen LogP contribution in [-0.2, 0) is 16.0 Å². The van der Waals surface area contributed by atoms with Gasteiger partial charge in [0, 0.05) is 19.4 Å². The molecule has 0 aliphatic heterocycles. The average Bonchev–Trinajstić information content (AvgIpc) is 2.28. The monoisotopic (exact) mass is 239 g/mol. The fourth-order valence-electron chi connectivity index (χ4n) is 1.29. The number of rotatable bonds is 6. The van der Waals surface area contributed by atoms with Crippen molar-refractivity contribution in [2.24, 2.45) is 0 Å². The maximum atomic E-state index is 11.2. The number of hydrogen-bond donors (Lipinski definition) is 1. The predicted octanol–water partition coefficient (Wildman–Crippen LogP) is 1.89. The smallest absolute Gasteiger partial charge is 0.222 e. The standard InChI is InChI=1S/C12H14ClNO2/c13-11(15)6-7-12(16)14-9-8-10-4-2-1-3-5-10/h1-5H,6-9H2,(H,14,16). The SMILES string of the molecule is O=C(Cl)CCC(=O)NCCc1ccccc1. The summed E-state index contributed by atoms with van der Waals surface area (Å²) in [6.07, 6.45) is 1.05. The second-order valence-corrected chi connectivity index (χ2v) is 3.86. The molecule has 1 N–H and O–H groups in total. The first-order valence-corrected chi connectivity index (χ1v) is 5.55. The van der Waals surface area contributed by atoms with Crippen LogP contribution in [0.15, 0.2) is 30.3 Å². The van der Waals surface area contributed by atoms with Gasteiger partial charge in [0.15, 0.2) is 0 Å². The molecule has 0 bridgehead atoms. The summed E-state index contributed by atoms with van der Waals surface area (Å²) in [5.41, 5.74) is 1.18. The third kappa shape index (κ3) is 5.51. The van der Waals surface area contributed by atoms with E-state index in [0.29, 0.717) is 6.54 Å². The van der Waals surface area contributed by atoms with Crippen LogP contribution in [-0.4, -0.2) is 17.7 Å². The highest BCUT2D eigenvalue weighted by Gasteiger charge is 2.03. The number of amides is 1. The summed E-state index contributed by atoms with van der Waals surface area (Å²) in [6.45, 7) is 0.583. The quantitative estimate of drug-likeness (QED) is 0.771. The molecule has 0 radical (unpaired) electrons. The summed E-state index contributed by atoms with van der Waals surface area (Å²) in [6, 6.07) is 9.89. The van der Waals surface area contributed by atoms with Crippen molar-refractivity contribution >= 4 is 22.8 Å². The second-order valence-electron chi connectivity index (χ2n) is 3.44. The molecule has 0 atom stereocenters. The summed E-state index contributed by atoms with van der Waals surface area (Å²) < 4.78 is 0. The summed E-state index contributed by atoms with van der Waals surface area (Å²) in [5.74, 6) is -0.134. The molecule has 1 amide bonds. The predicted molar refractivity (Wildman–Crippen MR) is 63.2 cm³/mol. The minimum Gasteiger partial charge on any atom is -0.356 e. The number of benzene rings is 1. The summed E-state index contributed by atoms with van der Waals surface area (Å²) >= 11 is 5.13. The second kappa shape index (κ2) is 7.01. The van der Waals surface area contributed by atoms with Crippen LogP contribution in [0.2, 0.25) is 0 Å². The van der Waals surface area contributed by atoms with Crippen LogP contribution in [0.5, 0.6) is 0 Å². The van der Waals surface area contributed by atoms with Crippen LogP contribution < -0.4 is 5.32 Å². The van der Waals surface area contributed by atoms with E-state index in [2.05, 4.69) is 5.32 Å². The van der Waals surface area contributed by atoms with Crippen LogP contribution in [0.3, 0.4) is 0 Å². The molecule has 4 heteroatoms. The van der Waals surface area contributed by atoms with E-state index in [0.717, 1.165) is 6.42 Å². The molecule has 0 aliphatic carbocycles. The first-order valence-electron chi connectivity index (χ1n) is 5.17. The molecule has 0 aromatic heterocycles. The fraction of sp³-hybridized carbons (Fsp3) is 0.333. The Bertz CT molecular complexity index is 351. The largest absolute Gasteiger partial charge is 0.356 e. The van der Waals surface area contributed by atoms with Crippen molar-refractivity contribution in [3.63, 3.8) is 0 Å². The zero-order valence-corrected chi connectivity index (χ0v) is 9.67. The molecule has 0 unspecified atom stereocenters. The normalized spacial score (nSPS) is 9.81. The Labute approximate surface area is 99.8 Å². The average molecular weight is 240 g/mol. The molecule has 3 nitrogen and oxygen atoms in total. The highest BCUT2D eigenvalue weighted by atomic mass is 35.5. The Morgan fingerprint density at radius 2 is 1.81 bits per heavy atom. The lowest BCUT2D eigenvalue weighted by atomic mass is 10.1. The summed E-state index contributed by atoms with van der Waals surface area (Å²) in [4.78, 5) is 21.6. The van der Waals surface area contributed by atoms with Crippen molar-refractivity contribution < 1.29 is 9.59 Å². The molecular formula is C12H14ClNO2. The highest BCUT2D eigenvalue weighted by molar-refractivity contribution is 6.63. The fourth-order valence-corrected chi connectivity index (χ4v) is 1.39. The Morgan fingerprint density at radius 3 is 2.44 bits per heavy atom. The van der Waals surface area contributed by atoms with Crippen LogP contribution in [0, 0.1) is 0 Å². The maximum Gasteiger partial charge on any atom is 0.222 e. The van der Waals surface area contributed by atoms with Crippen molar-refractivity contribution in [2.75, 3.05) is 6.54 Å². The molecule has 0 saturated carbocycles. The maximum absolute atomic E-state index is 11.2. The Morgan fingerprint density at radius 1 is 1.12 bits per heavy atom. The van der Waals surface area contributed by atoms with E-state index in [4.69, 9.17) is 11.6 Å². The number of carbonyl (C=O) groups is 2. The molecular weight excluding hydrogens is 226 g/mol. The van der Waals surface area contributed by atoms with E-state index in [1.165, 1.54) is 5.56 Å². The number of halogens is 1. The lowest BCUT2D eigenvalue weighted by molar-refractivity contribution is -0.123. The van der Waals surface area contributed by atoms with Crippen molar-refractivity contribution in [3.05, 3.63) is 35.9 Å². The van der Waals surface area contributed by atoms with Gasteiger partial charge in [-0.25, -0.2) is 0 Å². The molecule has 86 valence electrons. The van der Waals surface area contributed by atoms with Gasteiger partial charge in [0.1, 0.15) is 0 Å². The van der Waals surface area contributed by atoms with E-state index < -0.39 is 5.24 Å².